The standard InChI is InChI=1S/C12H11Cl2N3/c1-2-16-12-7-15-6-11(17-12)9-5-8(13)3-4-10(9)14/h3-7H,2H2,1H3,(H,16,17). The lowest BCUT2D eigenvalue weighted by atomic mass is 10.1. The summed E-state index contributed by atoms with van der Waals surface area (Å²) in [5.41, 5.74) is 1.49. The normalized spacial score (nSPS) is 10.3. The average Bonchev–Trinajstić information content (AvgIpc) is 2.33. The first-order valence-corrected chi connectivity index (χ1v) is 5.97. The molecule has 0 aliphatic carbocycles. The summed E-state index contributed by atoms with van der Waals surface area (Å²) >= 11 is 12.1. The van der Waals surface area contributed by atoms with Gasteiger partial charge in [-0.05, 0) is 25.1 Å². The Hall–Kier alpha value is -1.32. The van der Waals surface area contributed by atoms with E-state index in [0.717, 1.165) is 17.9 Å². The molecule has 1 heterocycles. The van der Waals surface area contributed by atoms with Crippen LogP contribution in [0, 0.1) is 0 Å². The largest absolute Gasteiger partial charge is 0.369 e. The highest BCUT2D eigenvalue weighted by atomic mass is 35.5. The van der Waals surface area contributed by atoms with Crippen molar-refractivity contribution in [2.24, 2.45) is 0 Å². The summed E-state index contributed by atoms with van der Waals surface area (Å²) in [5, 5.41) is 4.34. The van der Waals surface area contributed by atoms with Crippen LogP contribution in [0.5, 0.6) is 0 Å². The van der Waals surface area contributed by atoms with E-state index in [1.165, 1.54) is 0 Å². The molecule has 0 radical (unpaired) electrons. The third kappa shape index (κ3) is 2.87. The first-order valence-electron chi connectivity index (χ1n) is 5.22. The topological polar surface area (TPSA) is 37.8 Å². The van der Waals surface area contributed by atoms with Gasteiger partial charge in [-0.1, -0.05) is 23.2 Å². The number of halogens is 2. The van der Waals surface area contributed by atoms with Crippen LogP contribution < -0.4 is 5.32 Å². The maximum Gasteiger partial charge on any atom is 0.145 e. The molecule has 88 valence electrons. The van der Waals surface area contributed by atoms with E-state index in [1.54, 1.807) is 30.6 Å². The molecule has 0 atom stereocenters. The fourth-order valence-electron chi connectivity index (χ4n) is 1.46. The molecule has 0 aliphatic heterocycles. The average molecular weight is 268 g/mol. The Morgan fingerprint density at radius 3 is 2.82 bits per heavy atom. The van der Waals surface area contributed by atoms with Gasteiger partial charge >= 0.3 is 0 Å². The molecule has 0 unspecified atom stereocenters. The minimum atomic E-state index is 0.609. The second-order valence-electron chi connectivity index (χ2n) is 3.44. The molecule has 0 bridgehead atoms. The van der Waals surface area contributed by atoms with Crippen molar-refractivity contribution in [1.82, 2.24) is 9.97 Å². The zero-order valence-electron chi connectivity index (χ0n) is 9.24. The first kappa shape index (κ1) is 12.1. The maximum atomic E-state index is 6.11. The summed E-state index contributed by atoms with van der Waals surface area (Å²) in [6.07, 6.45) is 3.34. The van der Waals surface area contributed by atoms with Crippen LogP contribution in [-0.2, 0) is 0 Å². The van der Waals surface area contributed by atoms with E-state index in [2.05, 4.69) is 15.3 Å². The van der Waals surface area contributed by atoms with Gasteiger partial charge in [-0.25, -0.2) is 4.98 Å². The molecule has 1 N–H and O–H groups in total. The Balaban J connectivity index is 2.45. The lowest BCUT2D eigenvalue weighted by Crippen LogP contribution is -2.00. The fourth-order valence-corrected chi connectivity index (χ4v) is 1.84. The van der Waals surface area contributed by atoms with Crippen molar-refractivity contribution in [2.75, 3.05) is 11.9 Å². The van der Waals surface area contributed by atoms with E-state index < -0.39 is 0 Å². The number of anilines is 1. The van der Waals surface area contributed by atoms with Crippen LogP contribution >= 0.6 is 23.2 Å². The van der Waals surface area contributed by atoms with Gasteiger partial charge in [0.25, 0.3) is 0 Å². The Labute approximate surface area is 110 Å². The molecule has 5 heteroatoms. The van der Waals surface area contributed by atoms with Crippen molar-refractivity contribution in [3.05, 3.63) is 40.6 Å². The van der Waals surface area contributed by atoms with E-state index >= 15 is 0 Å². The van der Waals surface area contributed by atoms with Gasteiger partial charge < -0.3 is 5.32 Å². The molecule has 17 heavy (non-hydrogen) atoms. The molecule has 2 rings (SSSR count). The number of hydrogen-bond donors (Lipinski definition) is 1. The molecular weight excluding hydrogens is 257 g/mol. The number of benzene rings is 1. The van der Waals surface area contributed by atoms with Crippen LogP contribution in [0.2, 0.25) is 10.0 Å². The van der Waals surface area contributed by atoms with Gasteiger partial charge in [0, 0.05) is 17.1 Å². The predicted octanol–water partition coefficient (Wildman–Crippen LogP) is 3.88. The lowest BCUT2D eigenvalue weighted by Gasteiger charge is -2.06. The van der Waals surface area contributed by atoms with Crippen LogP contribution in [-0.4, -0.2) is 16.5 Å². The summed E-state index contributed by atoms with van der Waals surface area (Å²) in [5.74, 6) is 0.723. The molecular formula is C12H11Cl2N3. The van der Waals surface area contributed by atoms with Gasteiger partial charge in [0.2, 0.25) is 0 Å². The molecule has 3 nitrogen and oxygen atoms in total. The molecule has 1 aromatic heterocycles. The van der Waals surface area contributed by atoms with Crippen molar-refractivity contribution < 1.29 is 0 Å². The van der Waals surface area contributed by atoms with E-state index in [9.17, 15) is 0 Å². The van der Waals surface area contributed by atoms with Gasteiger partial charge in [0.15, 0.2) is 0 Å². The zero-order valence-corrected chi connectivity index (χ0v) is 10.8. The van der Waals surface area contributed by atoms with Crippen molar-refractivity contribution in [3.8, 4) is 11.3 Å². The number of nitrogens with zero attached hydrogens (tertiary/aromatic N) is 2. The first-order chi connectivity index (χ1) is 8.20. The van der Waals surface area contributed by atoms with Crippen molar-refractivity contribution in [2.45, 2.75) is 6.92 Å². The number of hydrogen-bond acceptors (Lipinski definition) is 3. The van der Waals surface area contributed by atoms with Crippen LogP contribution in [0.15, 0.2) is 30.6 Å². The maximum absolute atomic E-state index is 6.11. The van der Waals surface area contributed by atoms with Gasteiger partial charge in [0.05, 0.1) is 23.1 Å². The fraction of sp³-hybridized carbons (Fsp3) is 0.167. The Morgan fingerprint density at radius 2 is 2.06 bits per heavy atom. The predicted molar refractivity (Wildman–Crippen MR) is 71.7 cm³/mol. The summed E-state index contributed by atoms with van der Waals surface area (Å²) in [4.78, 5) is 8.54. The molecule has 2 aromatic rings. The molecule has 0 fully saturated rings. The number of nitrogens with one attached hydrogen (secondary N) is 1. The van der Waals surface area contributed by atoms with Crippen LogP contribution in [0.4, 0.5) is 5.82 Å². The number of rotatable bonds is 3. The SMILES string of the molecule is CCNc1cncc(-c2cc(Cl)ccc2Cl)n1. The lowest BCUT2D eigenvalue weighted by molar-refractivity contribution is 1.12. The van der Waals surface area contributed by atoms with E-state index in [4.69, 9.17) is 23.2 Å². The minimum absolute atomic E-state index is 0.609. The van der Waals surface area contributed by atoms with Crippen molar-refractivity contribution in [1.29, 1.82) is 0 Å². The summed E-state index contributed by atoms with van der Waals surface area (Å²) in [7, 11) is 0. The molecule has 1 aromatic carbocycles. The highest BCUT2D eigenvalue weighted by Crippen LogP contribution is 2.29. The van der Waals surface area contributed by atoms with Crippen molar-refractivity contribution >= 4 is 29.0 Å². The molecule has 0 saturated carbocycles. The summed E-state index contributed by atoms with van der Waals surface area (Å²) in [6, 6.07) is 5.28. The summed E-state index contributed by atoms with van der Waals surface area (Å²) in [6.45, 7) is 2.79. The minimum Gasteiger partial charge on any atom is -0.369 e. The zero-order chi connectivity index (χ0) is 12.3. The Morgan fingerprint density at radius 1 is 1.24 bits per heavy atom. The van der Waals surface area contributed by atoms with E-state index in [0.29, 0.717) is 15.7 Å². The van der Waals surface area contributed by atoms with Gasteiger partial charge in [-0.3, -0.25) is 4.98 Å². The quantitative estimate of drug-likeness (QED) is 0.917. The molecule has 0 amide bonds. The van der Waals surface area contributed by atoms with Crippen LogP contribution in [0.25, 0.3) is 11.3 Å². The smallest absolute Gasteiger partial charge is 0.145 e. The molecule has 0 aliphatic rings. The summed E-state index contributed by atoms with van der Waals surface area (Å²) < 4.78 is 0. The van der Waals surface area contributed by atoms with Gasteiger partial charge in [-0.15, -0.1) is 0 Å². The third-order valence-corrected chi connectivity index (χ3v) is 2.76. The highest BCUT2D eigenvalue weighted by molar-refractivity contribution is 6.35. The second-order valence-corrected chi connectivity index (χ2v) is 4.29. The Bertz CT molecular complexity index is 529. The molecule has 0 spiro atoms. The van der Waals surface area contributed by atoms with Gasteiger partial charge in [0.1, 0.15) is 5.82 Å². The third-order valence-electron chi connectivity index (χ3n) is 2.20. The highest BCUT2D eigenvalue weighted by Gasteiger charge is 2.07. The second kappa shape index (κ2) is 5.34. The number of aromatic nitrogens is 2. The van der Waals surface area contributed by atoms with Crippen molar-refractivity contribution in [3.63, 3.8) is 0 Å². The Kier molecular flexibility index (Phi) is 3.82. The van der Waals surface area contributed by atoms with E-state index in [1.807, 2.05) is 6.92 Å². The monoisotopic (exact) mass is 267 g/mol. The van der Waals surface area contributed by atoms with E-state index in [-0.39, 0.29) is 0 Å². The van der Waals surface area contributed by atoms with Crippen LogP contribution in [0.3, 0.4) is 0 Å². The molecule has 0 saturated heterocycles. The van der Waals surface area contributed by atoms with Crippen LogP contribution in [0.1, 0.15) is 6.92 Å². The van der Waals surface area contributed by atoms with Gasteiger partial charge in [-0.2, -0.15) is 0 Å².